The van der Waals surface area contributed by atoms with Crippen LogP contribution in [0.1, 0.15) is 5.69 Å². The fourth-order valence-corrected chi connectivity index (χ4v) is 2.45. The number of aromatic amines is 1. The highest BCUT2D eigenvalue weighted by molar-refractivity contribution is 14.1. The van der Waals surface area contributed by atoms with Gasteiger partial charge in [0.1, 0.15) is 3.70 Å². The van der Waals surface area contributed by atoms with Crippen molar-refractivity contribution < 1.29 is 0 Å². The van der Waals surface area contributed by atoms with E-state index in [0.29, 0.717) is 0 Å². The van der Waals surface area contributed by atoms with Crippen molar-refractivity contribution in [3.63, 3.8) is 0 Å². The summed E-state index contributed by atoms with van der Waals surface area (Å²) in [5.41, 5.74) is 3.40. The van der Waals surface area contributed by atoms with Crippen LogP contribution in [0.15, 0.2) is 30.3 Å². The molecule has 1 heterocycles. The molecule has 15 heavy (non-hydrogen) atoms. The van der Waals surface area contributed by atoms with Crippen molar-refractivity contribution >= 4 is 34.0 Å². The third kappa shape index (κ3) is 1.99. The summed E-state index contributed by atoms with van der Waals surface area (Å²) in [7, 11) is 2.05. The molecule has 1 aromatic carbocycles. The van der Waals surface area contributed by atoms with Gasteiger partial charge in [0.05, 0.1) is 11.4 Å². The second-order valence-corrected chi connectivity index (χ2v) is 4.40. The standard InChI is InChI=1S/C11H12IN3/c1-8-10(11(12)14-13-8)15(2)9-6-4-3-5-7-9/h3-7H,1-2H3,(H,13,14). The highest BCUT2D eigenvalue weighted by Crippen LogP contribution is 2.29. The van der Waals surface area contributed by atoms with E-state index in [1.54, 1.807) is 0 Å². The Balaban J connectivity index is 2.41. The topological polar surface area (TPSA) is 31.9 Å². The van der Waals surface area contributed by atoms with Gasteiger partial charge in [0.15, 0.2) is 0 Å². The summed E-state index contributed by atoms with van der Waals surface area (Å²) in [6.45, 7) is 2.03. The number of anilines is 2. The lowest BCUT2D eigenvalue weighted by molar-refractivity contribution is 1.03. The number of nitrogens with one attached hydrogen (secondary N) is 1. The van der Waals surface area contributed by atoms with E-state index in [4.69, 9.17) is 0 Å². The summed E-state index contributed by atoms with van der Waals surface area (Å²) in [4.78, 5) is 2.14. The highest BCUT2D eigenvalue weighted by Gasteiger charge is 2.13. The van der Waals surface area contributed by atoms with Gasteiger partial charge in [-0.25, -0.2) is 0 Å². The first-order chi connectivity index (χ1) is 7.20. The van der Waals surface area contributed by atoms with Gasteiger partial charge in [0.2, 0.25) is 0 Å². The van der Waals surface area contributed by atoms with Crippen LogP contribution in [-0.4, -0.2) is 17.2 Å². The summed E-state index contributed by atoms with van der Waals surface area (Å²) in [6.07, 6.45) is 0. The Kier molecular flexibility index (Phi) is 2.95. The van der Waals surface area contributed by atoms with Crippen LogP contribution >= 0.6 is 22.6 Å². The maximum Gasteiger partial charge on any atom is 0.146 e. The number of nitrogens with zero attached hydrogens (tertiary/aromatic N) is 2. The largest absolute Gasteiger partial charge is 0.341 e. The van der Waals surface area contributed by atoms with E-state index in [9.17, 15) is 0 Å². The normalized spacial score (nSPS) is 10.3. The minimum Gasteiger partial charge on any atom is -0.341 e. The average Bonchev–Trinajstić information content (AvgIpc) is 2.59. The van der Waals surface area contributed by atoms with Gasteiger partial charge in [-0.2, -0.15) is 5.10 Å². The van der Waals surface area contributed by atoms with E-state index in [-0.39, 0.29) is 0 Å². The maximum atomic E-state index is 4.18. The van der Waals surface area contributed by atoms with Crippen molar-refractivity contribution in [2.45, 2.75) is 6.92 Å². The van der Waals surface area contributed by atoms with Crippen LogP contribution in [0.2, 0.25) is 0 Å². The first kappa shape index (κ1) is 10.5. The zero-order valence-corrected chi connectivity index (χ0v) is 10.8. The minimum atomic E-state index is 0.997. The first-order valence-electron chi connectivity index (χ1n) is 4.69. The van der Waals surface area contributed by atoms with Crippen LogP contribution in [0.5, 0.6) is 0 Å². The lowest BCUT2D eigenvalue weighted by Gasteiger charge is -2.18. The number of rotatable bonds is 2. The van der Waals surface area contributed by atoms with Crippen molar-refractivity contribution in [3.8, 4) is 0 Å². The summed E-state index contributed by atoms with van der Waals surface area (Å²) < 4.78 is 0.997. The summed E-state index contributed by atoms with van der Waals surface area (Å²) >= 11 is 2.24. The number of H-pyrrole nitrogens is 1. The van der Waals surface area contributed by atoms with Gasteiger partial charge in [-0.1, -0.05) is 18.2 Å². The second-order valence-electron chi connectivity index (χ2n) is 3.38. The Hall–Kier alpha value is -1.04. The Bertz CT molecular complexity index is 431. The fourth-order valence-electron chi connectivity index (χ4n) is 1.56. The van der Waals surface area contributed by atoms with E-state index in [2.05, 4.69) is 56.9 Å². The Labute approximate surface area is 103 Å². The minimum absolute atomic E-state index is 0.997. The SMILES string of the molecule is Cc1[nH]nc(I)c1N(C)c1ccccc1. The van der Waals surface area contributed by atoms with Gasteiger partial charge in [0, 0.05) is 12.7 Å². The Morgan fingerprint density at radius 1 is 1.27 bits per heavy atom. The van der Waals surface area contributed by atoms with Gasteiger partial charge in [-0.15, -0.1) is 0 Å². The molecule has 4 heteroatoms. The number of para-hydroxylation sites is 1. The number of benzene rings is 1. The zero-order chi connectivity index (χ0) is 10.8. The molecular formula is C11H12IN3. The molecule has 0 spiro atoms. The van der Waals surface area contributed by atoms with E-state index in [1.165, 1.54) is 5.69 Å². The van der Waals surface area contributed by atoms with Gasteiger partial charge >= 0.3 is 0 Å². The molecule has 3 nitrogen and oxygen atoms in total. The third-order valence-electron chi connectivity index (χ3n) is 2.35. The first-order valence-corrected chi connectivity index (χ1v) is 5.77. The zero-order valence-electron chi connectivity index (χ0n) is 8.66. The Morgan fingerprint density at radius 3 is 2.47 bits per heavy atom. The molecule has 0 aliphatic heterocycles. The van der Waals surface area contributed by atoms with E-state index < -0.39 is 0 Å². The fraction of sp³-hybridized carbons (Fsp3) is 0.182. The molecule has 0 bridgehead atoms. The highest BCUT2D eigenvalue weighted by atomic mass is 127. The van der Waals surface area contributed by atoms with Crippen molar-refractivity contribution in [3.05, 3.63) is 39.7 Å². The summed E-state index contributed by atoms with van der Waals surface area (Å²) in [5.74, 6) is 0. The monoisotopic (exact) mass is 313 g/mol. The number of hydrogen-bond acceptors (Lipinski definition) is 2. The molecule has 0 radical (unpaired) electrons. The smallest absolute Gasteiger partial charge is 0.146 e. The molecule has 2 rings (SSSR count). The van der Waals surface area contributed by atoms with E-state index >= 15 is 0 Å². The quantitative estimate of drug-likeness (QED) is 0.864. The maximum absolute atomic E-state index is 4.18. The predicted molar refractivity (Wildman–Crippen MR) is 70.5 cm³/mol. The second kappa shape index (κ2) is 4.22. The van der Waals surface area contributed by atoms with Crippen molar-refractivity contribution in [2.24, 2.45) is 0 Å². The van der Waals surface area contributed by atoms with Crippen LogP contribution < -0.4 is 4.90 Å². The van der Waals surface area contributed by atoms with Crippen LogP contribution in [0.3, 0.4) is 0 Å². The predicted octanol–water partition coefficient (Wildman–Crippen LogP) is 3.09. The third-order valence-corrected chi connectivity index (χ3v) is 3.10. The number of aromatic nitrogens is 2. The molecule has 0 saturated carbocycles. The van der Waals surface area contributed by atoms with Crippen LogP contribution in [0.4, 0.5) is 11.4 Å². The molecule has 0 saturated heterocycles. The number of aryl methyl sites for hydroxylation is 1. The molecule has 1 N–H and O–H groups in total. The van der Waals surface area contributed by atoms with Crippen LogP contribution in [0, 0.1) is 10.6 Å². The molecule has 0 amide bonds. The molecule has 1 aromatic heterocycles. The van der Waals surface area contributed by atoms with E-state index in [0.717, 1.165) is 15.1 Å². The molecule has 0 fully saturated rings. The van der Waals surface area contributed by atoms with Gasteiger partial charge < -0.3 is 4.90 Å². The molecular weight excluding hydrogens is 301 g/mol. The molecule has 78 valence electrons. The van der Waals surface area contributed by atoms with Gasteiger partial charge in [-0.3, -0.25) is 5.10 Å². The van der Waals surface area contributed by atoms with Gasteiger partial charge in [0.25, 0.3) is 0 Å². The van der Waals surface area contributed by atoms with Crippen LogP contribution in [0.25, 0.3) is 0 Å². The summed E-state index contributed by atoms with van der Waals surface area (Å²) in [5, 5.41) is 7.17. The molecule has 0 unspecified atom stereocenters. The lowest BCUT2D eigenvalue weighted by atomic mass is 10.2. The molecule has 0 aliphatic rings. The van der Waals surface area contributed by atoms with E-state index in [1.807, 2.05) is 25.1 Å². The molecule has 0 atom stereocenters. The van der Waals surface area contributed by atoms with Crippen molar-refractivity contribution in [1.82, 2.24) is 10.2 Å². The molecule has 2 aromatic rings. The lowest BCUT2D eigenvalue weighted by Crippen LogP contribution is -2.10. The summed E-state index contributed by atoms with van der Waals surface area (Å²) in [6, 6.07) is 10.3. The van der Waals surface area contributed by atoms with Crippen LogP contribution in [-0.2, 0) is 0 Å². The Morgan fingerprint density at radius 2 is 1.93 bits per heavy atom. The van der Waals surface area contributed by atoms with Gasteiger partial charge in [-0.05, 0) is 41.6 Å². The average molecular weight is 313 g/mol. The number of halogens is 1. The van der Waals surface area contributed by atoms with Crippen molar-refractivity contribution in [1.29, 1.82) is 0 Å². The number of hydrogen-bond donors (Lipinski definition) is 1. The molecule has 0 aliphatic carbocycles. The van der Waals surface area contributed by atoms with Crippen molar-refractivity contribution in [2.75, 3.05) is 11.9 Å².